The van der Waals surface area contributed by atoms with Crippen LogP contribution in [0.3, 0.4) is 0 Å². The molecule has 2 aromatic carbocycles. The van der Waals surface area contributed by atoms with Gasteiger partial charge in [0.1, 0.15) is 5.52 Å². The van der Waals surface area contributed by atoms with E-state index in [1.807, 2.05) is 45.6 Å². The lowest BCUT2D eigenvalue weighted by atomic mass is 10.1. The Kier molecular flexibility index (Phi) is 2.59. The summed E-state index contributed by atoms with van der Waals surface area (Å²) in [5.74, 6) is 0. The number of para-hydroxylation sites is 1. The van der Waals surface area contributed by atoms with E-state index in [0.29, 0.717) is 0 Å². The monoisotopic (exact) mass is 321 g/mol. The molecule has 0 aliphatic rings. The van der Waals surface area contributed by atoms with Crippen LogP contribution in [0, 0.1) is 0 Å². The Bertz CT molecular complexity index is 1120. The predicted octanol–water partition coefficient (Wildman–Crippen LogP) is 4.91. The number of nitrogens with zero attached hydrogens (tertiary/aromatic N) is 3. The lowest BCUT2D eigenvalue weighted by Crippen LogP contribution is -2.00. The molecule has 0 saturated heterocycles. The average Bonchev–Trinajstić information content (AvgIpc) is 3.23. The Morgan fingerprint density at radius 3 is 2.86 bits per heavy atom. The molecule has 0 N–H and O–H groups in total. The maximum atomic E-state index is 4.32. The Hall–Kier alpha value is -2.24. The Balaban J connectivity index is 1.70. The maximum absolute atomic E-state index is 4.32. The van der Waals surface area contributed by atoms with E-state index in [4.69, 9.17) is 0 Å². The van der Waals surface area contributed by atoms with Gasteiger partial charge in [-0.1, -0.05) is 35.5 Å². The normalized spacial score (nSPS) is 11.8. The second-order valence-corrected chi connectivity index (χ2v) is 7.45. The van der Waals surface area contributed by atoms with Crippen molar-refractivity contribution in [2.24, 2.45) is 0 Å². The molecular weight excluding hydrogens is 310 g/mol. The highest BCUT2D eigenvalue weighted by molar-refractivity contribution is 7.41. The second kappa shape index (κ2) is 4.63. The van der Waals surface area contributed by atoms with Gasteiger partial charge in [0.2, 0.25) is 0 Å². The van der Waals surface area contributed by atoms with Crippen molar-refractivity contribution in [3.63, 3.8) is 0 Å². The Morgan fingerprint density at radius 1 is 1.00 bits per heavy atom. The van der Waals surface area contributed by atoms with Gasteiger partial charge in [0.15, 0.2) is 0 Å². The number of hydrogen-bond acceptors (Lipinski definition) is 4. The molecule has 3 heterocycles. The minimum Gasteiger partial charge on any atom is -0.240 e. The van der Waals surface area contributed by atoms with Gasteiger partial charge in [-0.2, -0.15) is 0 Å². The number of hydrogen-bond donors (Lipinski definition) is 0. The molecule has 22 heavy (non-hydrogen) atoms. The summed E-state index contributed by atoms with van der Waals surface area (Å²) >= 11 is 3.70. The highest BCUT2D eigenvalue weighted by Gasteiger charge is 2.13. The zero-order valence-corrected chi connectivity index (χ0v) is 13.2. The number of benzene rings is 2. The summed E-state index contributed by atoms with van der Waals surface area (Å²) in [5.41, 5.74) is 3.36. The van der Waals surface area contributed by atoms with E-state index >= 15 is 0 Å². The standard InChI is InChI=1S/C17H11N3S2/c1-4-8-15-12(5-1)16-11(10-21-17(16)22-15)9-20-14-7-3-2-6-13(14)18-19-20/h1-8,10H,9H2. The van der Waals surface area contributed by atoms with Gasteiger partial charge in [-0.15, -0.1) is 27.8 Å². The predicted molar refractivity (Wildman–Crippen MR) is 93.8 cm³/mol. The fourth-order valence-corrected chi connectivity index (χ4v) is 5.28. The smallest absolute Gasteiger partial charge is 0.113 e. The molecule has 0 fully saturated rings. The highest BCUT2D eigenvalue weighted by atomic mass is 32.2. The lowest BCUT2D eigenvalue weighted by molar-refractivity contribution is 0.674. The molecule has 0 atom stereocenters. The zero-order valence-electron chi connectivity index (χ0n) is 11.6. The van der Waals surface area contributed by atoms with E-state index in [0.717, 1.165) is 17.6 Å². The van der Waals surface area contributed by atoms with Crippen molar-refractivity contribution in [2.45, 2.75) is 6.54 Å². The van der Waals surface area contributed by atoms with Crippen molar-refractivity contribution in [2.75, 3.05) is 0 Å². The molecule has 5 rings (SSSR count). The molecule has 106 valence electrons. The third-order valence-electron chi connectivity index (χ3n) is 3.93. The molecule has 0 bridgehead atoms. The van der Waals surface area contributed by atoms with Gasteiger partial charge >= 0.3 is 0 Å². The van der Waals surface area contributed by atoms with Crippen molar-refractivity contribution < 1.29 is 0 Å². The molecule has 0 spiro atoms. The lowest BCUT2D eigenvalue weighted by Gasteiger charge is -2.01. The number of thiophene rings is 2. The quantitative estimate of drug-likeness (QED) is 0.462. The zero-order chi connectivity index (χ0) is 14.5. The molecule has 0 amide bonds. The molecule has 0 saturated carbocycles. The minimum absolute atomic E-state index is 0.765. The molecule has 5 heteroatoms. The number of fused-ring (bicyclic) bond motifs is 4. The van der Waals surface area contributed by atoms with Gasteiger partial charge in [-0.05, 0) is 29.1 Å². The molecule has 5 aromatic rings. The van der Waals surface area contributed by atoms with Gasteiger partial charge in [0.05, 0.1) is 16.1 Å². The van der Waals surface area contributed by atoms with Crippen LogP contribution in [0.25, 0.3) is 30.5 Å². The molecule has 0 aliphatic carbocycles. The first-order valence-corrected chi connectivity index (χ1v) is 8.75. The van der Waals surface area contributed by atoms with Crippen LogP contribution in [0.15, 0.2) is 53.9 Å². The van der Waals surface area contributed by atoms with Crippen LogP contribution in [0.5, 0.6) is 0 Å². The summed E-state index contributed by atoms with van der Waals surface area (Å²) in [5, 5.41) is 13.5. The summed E-state index contributed by atoms with van der Waals surface area (Å²) < 4.78 is 4.73. The largest absolute Gasteiger partial charge is 0.240 e. The van der Waals surface area contributed by atoms with Crippen LogP contribution in [0.2, 0.25) is 0 Å². The van der Waals surface area contributed by atoms with E-state index in [9.17, 15) is 0 Å². The summed E-state index contributed by atoms with van der Waals surface area (Å²) in [6, 6.07) is 16.7. The van der Waals surface area contributed by atoms with Crippen molar-refractivity contribution in [3.8, 4) is 0 Å². The van der Waals surface area contributed by atoms with Crippen LogP contribution < -0.4 is 0 Å². The van der Waals surface area contributed by atoms with Crippen LogP contribution in [0.1, 0.15) is 5.56 Å². The first kappa shape index (κ1) is 12.3. The molecule has 0 radical (unpaired) electrons. The van der Waals surface area contributed by atoms with Gasteiger partial charge in [-0.25, -0.2) is 4.68 Å². The Morgan fingerprint density at radius 2 is 1.86 bits per heavy atom. The van der Waals surface area contributed by atoms with Crippen molar-refractivity contribution in [1.82, 2.24) is 15.0 Å². The third kappa shape index (κ3) is 1.73. The van der Waals surface area contributed by atoms with Crippen LogP contribution >= 0.6 is 22.7 Å². The van der Waals surface area contributed by atoms with Crippen molar-refractivity contribution in [1.29, 1.82) is 0 Å². The molecule has 0 aliphatic heterocycles. The molecule has 3 aromatic heterocycles. The number of aromatic nitrogens is 3. The van der Waals surface area contributed by atoms with E-state index < -0.39 is 0 Å². The minimum atomic E-state index is 0.765. The molecule has 3 nitrogen and oxygen atoms in total. The van der Waals surface area contributed by atoms with Crippen LogP contribution in [-0.2, 0) is 6.54 Å². The average molecular weight is 321 g/mol. The molecule has 0 unspecified atom stereocenters. The van der Waals surface area contributed by atoms with Gasteiger partial charge in [-0.3, -0.25) is 0 Å². The number of rotatable bonds is 2. The van der Waals surface area contributed by atoms with Crippen molar-refractivity contribution in [3.05, 3.63) is 59.5 Å². The van der Waals surface area contributed by atoms with Gasteiger partial charge in [0, 0.05) is 15.5 Å². The first-order chi connectivity index (χ1) is 10.9. The van der Waals surface area contributed by atoms with E-state index in [1.54, 1.807) is 0 Å². The molecular formula is C17H11N3S2. The van der Waals surface area contributed by atoms with Crippen LogP contribution in [0.4, 0.5) is 0 Å². The summed E-state index contributed by atoms with van der Waals surface area (Å²) in [6.45, 7) is 0.765. The van der Waals surface area contributed by atoms with E-state index in [1.165, 1.54) is 25.0 Å². The van der Waals surface area contributed by atoms with Crippen LogP contribution in [-0.4, -0.2) is 15.0 Å². The highest BCUT2D eigenvalue weighted by Crippen LogP contribution is 2.40. The second-order valence-electron chi connectivity index (χ2n) is 5.26. The fourth-order valence-electron chi connectivity index (χ4n) is 2.91. The summed E-state index contributed by atoms with van der Waals surface area (Å²) in [4.78, 5) is 0. The maximum Gasteiger partial charge on any atom is 0.113 e. The van der Waals surface area contributed by atoms with Gasteiger partial charge in [0.25, 0.3) is 0 Å². The third-order valence-corrected chi connectivity index (χ3v) is 6.26. The van der Waals surface area contributed by atoms with Gasteiger partial charge < -0.3 is 0 Å². The summed E-state index contributed by atoms with van der Waals surface area (Å²) in [6.07, 6.45) is 0. The van der Waals surface area contributed by atoms with E-state index in [-0.39, 0.29) is 0 Å². The van der Waals surface area contributed by atoms with E-state index in [2.05, 4.69) is 46.0 Å². The first-order valence-electron chi connectivity index (χ1n) is 7.06. The SMILES string of the molecule is c1ccc2c(c1)nnn2Cc1csc2sc3ccccc3c12. The topological polar surface area (TPSA) is 30.7 Å². The summed E-state index contributed by atoms with van der Waals surface area (Å²) in [7, 11) is 0. The Labute approximate surface area is 134 Å². The van der Waals surface area contributed by atoms with Crippen molar-refractivity contribution >= 4 is 53.2 Å². The fraction of sp³-hybridized carbons (Fsp3) is 0.0588.